The smallest absolute Gasteiger partial charge is 0.475 e. The van der Waals surface area contributed by atoms with Crippen LogP contribution in [0.5, 0.6) is 0 Å². The summed E-state index contributed by atoms with van der Waals surface area (Å²) in [6, 6.07) is 4.28. The molecule has 0 amide bonds. The largest absolute Gasteiger partial charge is 0.490 e. The zero-order valence-electron chi connectivity index (χ0n) is 17.2. The Morgan fingerprint density at radius 3 is 2.48 bits per heavy atom. The van der Waals surface area contributed by atoms with Gasteiger partial charge in [0.05, 0.1) is 25.4 Å². The molecule has 0 unspecified atom stereocenters. The number of anilines is 1. The standard InChI is InChI=1S/C18H24N4O2.C2HF3O2/c1-14-11-20-18(21-12-14)22-7-5-17(24-9-8-23-2)16(22)10-15-4-3-6-19-13-15;3-2(4,5)1(6)7/h3-4,6,11-13,16-17H,5,7-10H2,1-2H3;(H,6,7)/t16-,17-;/m1./s1. The Bertz CT molecular complexity index is 806. The summed E-state index contributed by atoms with van der Waals surface area (Å²) in [4.78, 5) is 24.4. The molecule has 0 spiro atoms. The summed E-state index contributed by atoms with van der Waals surface area (Å²) in [6.07, 6.45) is 4.33. The lowest BCUT2D eigenvalue weighted by Gasteiger charge is -2.28. The highest BCUT2D eigenvalue weighted by Crippen LogP contribution is 2.27. The van der Waals surface area contributed by atoms with Crippen molar-refractivity contribution in [2.24, 2.45) is 0 Å². The fourth-order valence-corrected chi connectivity index (χ4v) is 3.09. The third-order valence-corrected chi connectivity index (χ3v) is 4.54. The van der Waals surface area contributed by atoms with Gasteiger partial charge in [0, 0.05) is 38.4 Å². The molecule has 0 aliphatic carbocycles. The molecule has 1 aliphatic heterocycles. The Hall–Kier alpha value is -2.79. The van der Waals surface area contributed by atoms with Gasteiger partial charge in [-0.05, 0) is 37.0 Å². The van der Waals surface area contributed by atoms with Crippen molar-refractivity contribution in [2.45, 2.75) is 38.1 Å². The summed E-state index contributed by atoms with van der Waals surface area (Å²) in [5.41, 5.74) is 2.26. The van der Waals surface area contributed by atoms with E-state index in [9.17, 15) is 13.2 Å². The van der Waals surface area contributed by atoms with E-state index in [4.69, 9.17) is 19.4 Å². The summed E-state index contributed by atoms with van der Waals surface area (Å²) in [5, 5.41) is 7.12. The van der Waals surface area contributed by atoms with E-state index in [0.29, 0.717) is 13.2 Å². The number of aliphatic carboxylic acids is 1. The Balaban J connectivity index is 0.000000423. The predicted molar refractivity (Wildman–Crippen MR) is 106 cm³/mol. The zero-order chi connectivity index (χ0) is 22.9. The molecule has 8 nitrogen and oxygen atoms in total. The second-order valence-corrected chi connectivity index (χ2v) is 6.88. The van der Waals surface area contributed by atoms with Gasteiger partial charge in [0.25, 0.3) is 0 Å². The molecular weight excluding hydrogens is 417 g/mol. The summed E-state index contributed by atoms with van der Waals surface area (Å²) < 4.78 is 42.9. The number of rotatable bonds is 7. The van der Waals surface area contributed by atoms with Crippen LogP contribution in [0.4, 0.5) is 19.1 Å². The van der Waals surface area contributed by atoms with Gasteiger partial charge in [-0.1, -0.05) is 6.07 Å². The van der Waals surface area contributed by atoms with E-state index in [0.717, 1.165) is 30.9 Å². The number of nitrogens with zero attached hydrogens (tertiary/aromatic N) is 4. The summed E-state index contributed by atoms with van der Waals surface area (Å²) in [7, 11) is 1.69. The molecule has 0 aromatic carbocycles. The highest BCUT2D eigenvalue weighted by atomic mass is 19.4. The Morgan fingerprint density at radius 1 is 1.26 bits per heavy atom. The molecule has 3 heterocycles. The number of hydrogen-bond acceptors (Lipinski definition) is 7. The molecule has 2 atom stereocenters. The van der Waals surface area contributed by atoms with E-state index < -0.39 is 12.1 Å². The predicted octanol–water partition coefficient (Wildman–Crippen LogP) is 2.67. The van der Waals surface area contributed by atoms with E-state index >= 15 is 0 Å². The lowest BCUT2D eigenvalue weighted by Crippen LogP contribution is -2.39. The average Bonchev–Trinajstić information content (AvgIpc) is 3.12. The van der Waals surface area contributed by atoms with Gasteiger partial charge in [0.2, 0.25) is 5.95 Å². The highest BCUT2D eigenvalue weighted by molar-refractivity contribution is 5.73. The SMILES string of the molecule is COCCO[C@@H]1CCN(c2ncc(C)cn2)[C@@H]1Cc1cccnc1.O=C(O)C(F)(F)F. The molecule has 2 aromatic rings. The summed E-state index contributed by atoms with van der Waals surface area (Å²) >= 11 is 0. The van der Waals surface area contributed by atoms with Gasteiger partial charge >= 0.3 is 12.1 Å². The van der Waals surface area contributed by atoms with Crippen LogP contribution in [-0.4, -0.2) is 71.2 Å². The van der Waals surface area contributed by atoms with Crippen molar-refractivity contribution in [1.82, 2.24) is 15.0 Å². The maximum absolute atomic E-state index is 10.6. The number of carbonyl (C=O) groups is 1. The van der Waals surface area contributed by atoms with E-state index in [2.05, 4.69) is 25.9 Å². The number of methoxy groups -OCH3 is 1. The number of alkyl halides is 3. The quantitative estimate of drug-likeness (QED) is 0.654. The van der Waals surface area contributed by atoms with Crippen molar-refractivity contribution >= 4 is 11.9 Å². The van der Waals surface area contributed by atoms with Gasteiger partial charge in [0.15, 0.2) is 0 Å². The maximum atomic E-state index is 10.6. The van der Waals surface area contributed by atoms with Crippen molar-refractivity contribution in [2.75, 3.05) is 31.8 Å². The molecule has 0 radical (unpaired) electrons. The van der Waals surface area contributed by atoms with E-state index in [1.807, 2.05) is 31.6 Å². The van der Waals surface area contributed by atoms with E-state index in [1.54, 1.807) is 13.3 Å². The molecule has 2 aromatic heterocycles. The molecule has 0 saturated carbocycles. The number of aromatic nitrogens is 3. The minimum absolute atomic E-state index is 0.144. The molecule has 0 bridgehead atoms. The second kappa shape index (κ2) is 11.6. The minimum Gasteiger partial charge on any atom is -0.475 e. The zero-order valence-corrected chi connectivity index (χ0v) is 17.2. The maximum Gasteiger partial charge on any atom is 0.490 e. The third kappa shape index (κ3) is 7.76. The average molecular weight is 442 g/mol. The van der Waals surface area contributed by atoms with Gasteiger partial charge in [-0.3, -0.25) is 4.98 Å². The van der Waals surface area contributed by atoms with Crippen LogP contribution in [0.3, 0.4) is 0 Å². The van der Waals surface area contributed by atoms with Crippen LogP contribution in [0.1, 0.15) is 17.5 Å². The molecule has 1 N–H and O–H groups in total. The molecular formula is C20H25F3N4O4. The van der Waals surface area contributed by atoms with E-state index in [-0.39, 0.29) is 12.1 Å². The monoisotopic (exact) mass is 442 g/mol. The first-order chi connectivity index (χ1) is 14.7. The van der Waals surface area contributed by atoms with Gasteiger partial charge < -0.3 is 19.5 Å². The fraction of sp³-hybridized carbons (Fsp3) is 0.500. The number of aryl methyl sites for hydroxylation is 1. The number of pyridine rings is 1. The van der Waals surface area contributed by atoms with Gasteiger partial charge in [-0.2, -0.15) is 13.2 Å². The van der Waals surface area contributed by atoms with Crippen LogP contribution >= 0.6 is 0 Å². The lowest BCUT2D eigenvalue weighted by molar-refractivity contribution is -0.192. The molecule has 31 heavy (non-hydrogen) atoms. The summed E-state index contributed by atoms with van der Waals surface area (Å²) in [5.74, 6) is -1.99. The molecule has 1 saturated heterocycles. The first-order valence-electron chi connectivity index (χ1n) is 9.57. The van der Waals surface area contributed by atoms with Crippen molar-refractivity contribution in [3.63, 3.8) is 0 Å². The number of carboxylic acids is 1. The molecule has 170 valence electrons. The fourth-order valence-electron chi connectivity index (χ4n) is 3.09. The van der Waals surface area contributed by atoms with Crippen molar-refractivity contribution < 1.29 is 32.5 Å². The van der Waals surface area contributed by atoms with Crippen molar-refractivity contribution in [1.29, 1.82) is 0 Å². The van der Waals surface area contributed by atoms with Crippen molar-refractivity contribution in [3.8, 4) is 0 Å². The first kappa shape index (κ1) is 24.5. The van der Waals surface area contributed by atoms with E-state index in [1.165, 1.54) is 5.56 Å². The van der Waals surface area contributed by atoms with Crippen LogP contribution < -0.4 is 4.90 Å². The third-order valence-electron chi connectivity index (χ3n) is 4.54. The summed E-state index contributed by atoms with van der Waals surface area (Å²) in [6.45, 7) is 4.10. The van der Waals surface area contributed by atoms with Crippen molar-refractivity contribution in [3.05, 3.63) is 48.0 Å². The van der Waals surface area contributed by atoms with Crippen LogP contribution in [0.15, 0.2) is 36.9 Å². The number of ether oxygens (including phenoxy) is 2. The van der Waals surface area contributed by atoms with Gasteiger partial charge in [-0.15, -0.1) is 0 Å². The van der Waals surface area contributed by atoms with Gasteiger partial charge in [0.1, 0.15) is 0 Å². The van der Waals surface area contributed by atoms with Gasteiger partial charge in [-0.25, -0.2) is 14.8 Å². The Morgan fingerprint density at radius 2 is 1.94 bits per heavy atom. The van der Waals surface area contributed by atoms with Crippen LogP contribution in [-0.2, 0) is 20.7 Å². The Labute approximate surface area is 178 Å². The molecule has 1 aliphatic rings. The minimum atomic E-state index is -5.08. The van der Waals surface area contributed by atoms with Crippen LogP contribution in [0, 0.1) is 6.92 Å². The van der Waals surface area contributed by atoms with Crippen LogP contribution in [0.25, 0.3) is 0 Å². The highest BCUT2D eigenvalue weighted by Gasteiger charge is 2.38. The Kier molecular flexibility index (Phi) is 9.13. The van der Waals surface area contributed by atoms with Crippen LogP contribution in [0.2, 0.25) is 0 Å². The topological polar surface area (TPSA) is 97.7 Å². The molecule has 3 rings (SSSR count). The lowest BCUT2D eigenvalue weighted by atomic mass is 10.0. The normalized spacial score (nSPS) is 18.4. The first-order valence-corrected chi connectivity index (χ1v) is 9.57. The number of hydrogen-bond donors (Lipinski definition) is 1. The second-order valence-electron chi connectivity index (χ2n) is 6.88. The number of carboxylic acid groups (broad SMARTS) is 1. The number of halogens is 3. The molecule has 11 heteroatoms. The molecule has 1 fully saturated rings.